The van der Waals surface area contributed by atoms with Crippen LogP contribution in [0.3, 0.4) is 0 Å². The van der Waals surface area contributed by atoms with E-state index in [2.05, 4.69) is 5.32 Å². The number of carbonyl (C=O) groups excluding carboxylic acids is 1. The Morgan fingerprint density at radius 3 is 2.79 bits per heavy atom. The molecule has 19 heavy (non-hydrogen) atoms. The van der Waals surface area contributed by atoms with Crippen molar-refractivity contribution in [2.24, 2.45) is 0 Å². The maximum absolute atomic E-state index is 13.0. The van der Waals surface area contributed by atoms with Gasteiger partial charge in [-0.2, -0.15) is 0 Å². The summed E-state index contributed by atoms with van der Waals surface area (Å²) in [5.41, 5.74) is 2.11. The van der Waals surface area contributed by atoms with E-state index in [4.69, 9.17) is 0 Å². The van der Waals surface area contributed by atoms with Gasteiger partial charge >= 0.3 is 0 Å². The number of benzene rings is 1. The molecular weight excluding hydrogens is 250 g/mol. The second-order valence-electron chi connectivity index (χ2n) is 4.84. The lowest BCUT2D eigenvalue weighted by molar-refractivity contribution is -0.122. The van der Waals surface area contributed by atoms with Crippen molar-refractivity contribution in [1.82, 2.24) is 10.4 Å². The number of carbonyl (C=O) groups is 1. The molecule has 1 amide bonds. The average molecular weight is 268 g/mol. The second kappa shape index (κ2) is 6.61. The molecule has 1 aromatic rings. The van der Waals surface area contributed by atoms with Crippen LogP contribution in [0.5, 0.6) is 0 Å². The van der Waals surface area contributed by atoms with Crippen LogP contribution in [-0.2, 0) is 11.3 Å². The topological polar surface area (TPSA) is 32.3 Å². The van der Waals surface area contributed by atoms with E-state index in [1.165, 1.54) is 5.56 Å². The van der Waals surface area contributed by atoms with Gasteiger partial charge < -0.3 is 5.32 Å². The van der Waals surface area contributed by atoms with Gasteiger partial charge in [-0.15, -0.1) is 9.60 Å². The molecule has 0 bridgehead atoms. The SMILES string of the molecule is O=C(CF)NCc1cccc(C2CCN(F)CC2)c1. The first kappa shape index (κ1) is 13.9. The standard InChI is InChI=1S/C14H18F2N2O/c15-9-14(19)17-10-11-2-1-3-13(8-11)12-4-6-18(16)7-5-12/h1-3,8,12H,4-7,9-10H2,(H,17,19). The minimum Gasteiger partial charge on any atom is -0.350 e. The van der Waals surface area contributed by atoms with Crippen LogP contribution in [-0.4, -0.2) is 30.8 Å². The molecule has 1 saturated heterocycles. The highest BCUT2D eigenvalue weighted by atomic mass is 19.2. The lowest BCUT2D eigenvalue weighted by Crippen LogP contribution is -2.26. The van der Waals surface area contributed by atoms with E-state index in [1.807, 2.05) is 24.3 Å². The van der Waals surface area contributed by atoms with Crippen molar-refractivity contribution in [2.75, 3.05) is 19.8 Å². The van der Waals surface area contributed by atoms with Crippen molar-refractivity contribution in [1.29, 1.82) is 0 Å². The summed E-state index contributed by atoms with van der Waals surface area (Å²) in [6.45, 7) is 0.272. The number of amides is 1. The number of piperidine rings is 1. The molecule has 0 aliphatic carbocycles. The van der Waals surface area contributed by atoms with Crippen LogP contribution in [0.4, 0.5) is 8.87 Å². The molecule has 0 aromatic heterocycles. The zero-order valence-corrected chi connectivity index (χ0v) is 10.7. The third-order valence-corrected chi connectivity index (χ3v) is 3.47. The van der Waals surface area contributed by atoms with Crippen molar-refractivity contribution >= 4 is 5.91 Å². The van der Waals surface area contributed by atoms with Crippen LogP contribution >= 0.6 is 0 Å². The Bertz CT molecular complexity index is 431. The maximum atomic E-state index is 13.0. The lowest BCUT2D eigenvalue weighted by Gasteiger charge is -2.26. The van der Waals surface area contributed by atoms with Gasteiger partial charge in [-0.05, 0) is 29.9 Å². The largest absolute Gasteiger partial charge is 0.350 e. The number of hydrogen-bond acceptors (Lipinski definition) is 2. The number of nitrogens with one attached hydrogen (secondary N) is 1. The van der Waals surface area contributed by atoms with Gasteiger partial charge in [0.15, 0.2) is 6.67 Å². The van der Waals surface area contributed by atoms with E-state index in [1.54, 1.807) is 0 Å². The minimum atomic E-state index is -0.991. The summed E-state index contributed by atoms with van der Waals surface area (Å²) in [4.78, 5) is 10.9. The van der Waals surface area contributed by atoms with Gasteiger partial charge in [-0.3, -0.25) is 4.79 Å². The Balaban J connectivity index is 1.96. The average Bonchev–Trinajstić information content (AvgIpc) is 2.46. The Labute approximate surface area is 111 Å². The molecule has 1 aliphatic heterocycles. The van der Waals surface area contributed by atoms with Crippen LogP contribution in [0.15, 0.2) is 24.3 Å². The molecule has 2 rings (SSSR count). The molecule has 5 heteroatoms. The third kappa shape index (κ3) is 3.99. The van der Waals surface area contributed by atoms with E-state index in [0.717, 1.165) is 23.5 Å². The van der Waals surface area contributed by atoms with Crippen LogP contribution in [0.2, 0.25) is 0 Å². The summed E-state index contributed by atoms with van der Waals surface area (Å²) in [7, 11) is 0. The number of halogens is 2. The minimum absolute atomic E-state index is 0.332. The van der Waals surface area contributed by atoms with Gasteiger partial charge in [0.05, 0.1) is 0 Å². The fourth-order valence-electron chi connectivity index (χ4n) is 2.39. The first-order valence-corrected chi connectivity index (χ1v) is 6.51. The third-order valence-electron chi connectivity index (χ3n) is 3.47. The molecule has 3 nitrogen and oxygen atoms in total. The van der Waals surface area contributed by atoms with Crippen molar-refractivity contribution < 1.29 is 13.7 Å². The fraction of sp³-hybridized carbons (Fsp3) is 0.500. The Hall–Kier alpha value is -1.49. The van der Waals surface area contributed by atoms with Gasteiger partial charge in [0, 0.05) is 19.6 Å². The number of hydrogen-bond donors (Lipinski definition) is 1. The Kier molecular flexibility index (Phi) is 4.85. The summed E-state index contributed by atoms with van der Waals surface area (Å²) in [5.74, 6) is -0.236. The number of rotatable bonds is 4. The highest BCUT2D eigenvalue weighted by Crippen LogP contribution is 2.28. The molecule has 0 atom stereocenters. The van der Waals surface area contributed by atoms with Crippen LogP contribution in [0.25, 0.3) is 0 Å². The van der Waals surface area contributed by atoms with E-state index in [-0.39, 0.29) is 0 Å². The quantitative estimate of drug-likeness (QED) is 0.850. The monoisotopic (exact) mass is 268 g/mol. The Morgan fingerprint density at radius 2 is 2.11 bits per heavy atom. The first-order chi connectivity index (χ1) is 9.19. The van der Waals surface area contributed by atoms with Gasteiger partial charge in [0.2, 0.25) is 0 Å². The molecule has 1 aromatic carbocycles. The van der Waals surface area contributed by atoms with E-state index in [0.29, 0.717) is 25.6 Å². The summed E-state index contributed by atoms with van der Waals surface area (Å²) >= 11 is 0. The van der Waals surface area contributed by atoms with Crippen molar-refractivity contribution in [3.05, 3.63) is 35.4 Å². The molecule has 0 radical (unpaired) electrons. The highest BCUT2D eigenvalue weighted by Gasteiger charge is 2.20. The van der Waals surface area contributed by atoms with Crippen molar-refractivity contribution in [3.8, 4) is 0 Å². The maximum Gasteiger partial charge on any atom is 0.251 e. The molecule has 1 N–H and O–H groups in total. The summed E-state index contributed by atoms with van der Waals surface area (Å²) < 4.78 is 25.0. The smallest absolute Gasteiger partial charge is 0.251 e. The number of alkyl halides is 1. The van der Waals surface area contributed by atoms with E-state index >= 15 is 0 Å². The van der Waals surface area contributed by atoms with Gasteiger partial charge in [0.25, 0.3) is 5.91 Å². The molecule has 0 saturated carbocycles. The molecule has 1 aliphatic rings. The molecule has 0 spiro atoms. The van der Waals surface area contributed by atoms with E-state index < -0.39 is 12.6 Å². The van der Waals surface area contributed by atoms with Crippen molar-refractivity contribution in [2.45, 2.75) is 25.3 Å². The fourth-order valence-corrected chi connectivity index (χ4v) is 2.39. The zero-order valence-electron chi connectivity index (χ0n) is 10.7. The predicted octanol–water partition coefficient (Wildman–Crippen LogP) is 2.34. The molecule has 1 fully saturated rings. The Morgan fingerprint density at radius 1 is 1.37 bits per heavy atom. The second-order valence-corrected chi connectivity index (χ2v) is 4.84. The zero-order chi connectivity index (χ0) is 13.7. The van der Waals surface area contributed by atoms with Crippen LogP contribution in [0.1, 0.15) is 29.9 Å². The van der Waals surface area contributed by atoms with Crippen LogP contribution in [0, 0.1) is 0 Å². The molecular formula is C14H18F2N2O. The summed E-state index contributed by atoms with van der Waals surface area (Å²) in [6, 6.07) is 7.86. The number of nitrogens with zero attached hydrogens (tertiary/aromatic N) is 1. The predicted molar refractivity (Wildman–Crippen MR) is 68.9 cm³/mol. The first-order valence-electron chi connectivity index (χ1n) is 6.51. The highest BCUT2D eigenvalue weighted by molar-refractivity contribution is 5.76. The van der Waals surface area contributed by atoms with Gasteiger partial charge in [-0.25, -0.2) is 4.39 Å². The molecule has 104 valence electrons. The molecule has 1 heterocycles. The summed E-state index contributed by atoms with van der Waals surface area (Å²) in [6.07, 6.45) is 1.60. The lowest BCUT2D eigenvalue weighted by atomic mass is 9.89. The normalized spacial score (nSPS) is 17.4. The van der Waals surface area contributed by atoms with Crippen molar-refractivity contribution in [3.63, 3.8) is 0 Å². The van der Waals surface area contributed by atoms with Gasteiger partial charge in [-0.1, -0.05) is 24.3 Å². The summed E-state index contributed by atoms with van der Waals surface area (Å²) in [5, 5.41) is 3.35. The molecule has 0 unspecified atom stereocenters. The van der Waals surface area contributed by atoms with Crippen LogP contribution < -0.4 is 5.32 Å². The van der Waals surface area contributed by atoms with E-state index in [9.17, 15) is 13.7 Å². The van der Waals surface area contributed by atoms with Gasteiger partial charge in [0.1, 0.15) is 0 Å².